The van der Waals surface area contributed by atoms with Gasteiger partial charge in [0.1, 0.15) is 0 Å². The number of carbonyl (C=O) groups is 1. The zero-order chi connectivity index (χ0) is 14.8. The molecule has 0 saturated carbocycles. The molecule has 0 aliphatic rings. The Morgan fingerprint density at radius 1 is 1.45 bits per heavy atom. The van der Waals surface area contributed by atoms with Crippen LogP contribution in [0.15, 0.2) is 18.2 Å². The second-order valence-corrected chi connectivity index (χ2v) is 5.39. The first kappa shape index (κ1) is 16.6. The number of nitrogens with one attached hydrogen (secondary N) is 1. The lowest BCUT2D eigenvalue weighted by Gasteiger charge is -2.06. The average molecular weight is 291 g/mol. The maximum atomic E-state index is 12.0. The van der Waals surface area contributed by atoms with Gasteiger partial charge < -0.3 is 10.4 Å². The molecular formula is C16H21NO2S. The summed E-state index contributed by atoms with van der Waals surface area (Å²) >= 11 is 1.77. The van der Waals surface area contributed by atoms with Crippen molar-refractivity contribution in [1.82, 2.24) is 5.32 Å². The maximum Gasteiger partial charge on any atom is 0.251 e. The number of aryl methyl sites for hydroxylation is 1. The van der Waals surface area contributed by atoms with Gasteiger partial charge in [-0.1, -0.05) is 17.9 Å². The van der Waals surface area contributed by atoms with Crippen LogP contribution in [-0.2, 0) is 0 Å². The van der Waals surface area contributed by atoms with Gasteiger partial charge in [-0.25, -0.2) is 0 Å². The van der Waals surface area contributed by atoms with Gasteiger partial charge >= 0.3 is 0 Å². The fourth-order valence-corrected chi connectivity index (χ4v) is 2.07. The van der Waals surface area contributed by atoms with Gasteiger partial charge in [-0.15, -0.1) is 0 Å². The van der Waals surface area contributed by atoms with Gasteiger partial charge in [0, 0.05) is 24.1 Å². The Morgan fingerprint density at radius 2 is 2.25 bits per heavy atom. The van der Waals surface area contributed by atoms with Crippen LogP contribution in [0.3, 0.4) is 0 Å². The Kier molecular flexibility index (Phi) is 7.86. The molecule has 0 saturated heterocycles. The molecule has 20 heavy (non-hydrogen) atoms. The van der Waals surface area contributed by atoms with E-state index >= 15 is 0 Å². The summed E-state index contributed by atoms with van der Waals surface area (Å²) in [6, 6.07) is 5.53. The zero-order valence-corrected chi connectivity index (χ0v) is 12.8. The lowest BCUT2D eigenvalue weighted by atomic mass is 10.0. The largest absolute Gasteiger partial charge is 0.395 e. The minimum absolute atomic E-state index is 0.0572. The van der Waals surface area contributed by atoms with Crippen molar-refractivity contribution in [3.05, 3.63) is 34.9 Å². The predicted octanol–water partition coefficient (Wildman–Crippen LogP) is 2.21. The molecule has 0 fully saturated rings. The van der Waals surface area contributed by atoms with Gasteiger partial charge in [0.2, 0.25) is 0 Å². The van der Waals surface area contributed by atoms with Crippen molar-refractivity contribution in [2.45, 2.75) is 19.8 Å². The lowest BCUT2D eigenvalue weighted by Crippen LogP contribution is -2.24. The third kappa shape index (κ3) is 5.68. The van der Waals surface area contributed by atoms with Crippen LogP contribution in [-0.4, -0.2) is 36.2 Å². The van der Waals surface area contributed by atoms with E-state index in [0.29, 0.717) is 18.5 Å². The normalized spacial score (nSPS) is 9.75. The third-order valence-corrected chi connectivity index (χ3v) is 3.47. The minimum Gasteiger partial charge on any atom is -0.395 e. The summed E-state index contributed by atoms with van der Waals surface area (Å²) in [5.41, 5.74) is 2.51. The highest BCUT2D eigenvalue weighted by Gasteiger charge is 2.06. The molecule has 0 heterocycles. The van der Waals surface area contributed by atoms with Crippen molar-refractivity contribution >= 4 is 17.7 Å². The second kappa shape index (κ2) is 9.46. The summed E-state index contributed by atoms with van der Waals surface area (Å²) in [6.45, 7) is 2.71. The van der Waals surface area contributed by atoms with Gasteiger partial charge in [-0.3, -0.25) is 4.79 Å². The number of aliphatic hydroxyl groups is 1. The maximum absolute atomic E-state index is 12.0. The number of hydrogen-bond donors (Lipinski definition) is 2. The summed E-state index contributed by atoms with van der Waals surface area (Å²) in [5.74, 6) is 6.86. The van der Waals surface area contributed by atoms with Crippen molar-refractivity contribution in [2.24, 2.45) is 0 Å². The van der Waals surface area contributed by atoms with Crippen LogP contribution in [0.25, 0.3) is 0 Å². The Balaban J connectivity index is 2.69. The van der Waals surface area contributed by atoms with E-state index in [0.717, 1.165) is 23.3 Å². The molecule has 2 N–H and O–H groups in total. The Bertz CT molecular complexity index is 503. The fraction of sp³-hybridized carbons (Fsp3) is 0.438. The molecule has 0 radical (unpaired) electrons. The van der Waals surface area contributed by atoms with Crippen molar-refractivity contribution in [2.75, 3.05) is 25.2 Å². The summed E-state index contributed by atoms with van der Waals surface area (Å²) in [4.78, 5) is 12.0. The molecule has 1 aromatic rings. The fourth-order valence-electron chi connectivity index (χ4n) is 1.63. The summed E-state index contributed by atoms with van der Waals surface area (Å²) in [6.07, 6.45) is 3.48. The Morgan fingerprint density at radius 3 is 2.95 bits per heavy atom. The first-order valence-corrected chi connectivity index (χ1v) is 8.06. The zero-order valence-electron chi connectivity index (χ0n) is 12.0. The molecule has 0 atom stereocenters. The molecule has 0 spiro atoms. The van der Waals surface area contributed by atoms with Crippen molar-refractivity contribution in [3.8, 4) is 11.8 Å². The Labute approximate surface area is 125 Å². The van der Waals surface area contributed by atoms with Crippen LogP contribution >= 0.6 is 11.8 Å². The van der Waals surface area contributed by atoms with Gasteiger partial charge in [-0.2, -0.15) is 11.8 Å². The number of amides is 1. The first-order valence-electron chi connectivity index (χ1n) is 6.66. The quantitative estimate of drug-likeness (QED) is 0.624. The summed E-state index contributed by atoms with van der Waals surface area (Å²) < 4.78 is 0. The molecule has 4 heteroatoms. The van der Waals surface area contributed by atoms with E-state index in [1.165, 1.54) is 0 Å². The van der Waals surface area contributed by atoms with Gasteiger partial charge in [0.05, 0.1) is 6.61 Å². The number of carbonyl (C=O) groups excluding carboxylic acids is 1. The molecule has 0 bridgehead atoms. The van der Waals surface area contributed by atoms with E-state index in [4.69, 9.17) is 5.11 Å². The van der Waals surface area contributed by atoms with E-state index in [-0.39, 0.29) is 12.5 Å². The Hall–Kier alpha value is -1.44. The van der Waals surface area contributed by atoms with E-state index in [1.807, 2.05) is 25.1 Å². The smallest absolute Gasteiger partial charge is 0.251 e. The summed E-state index contributed by atoms with van der Waals surface area (Å²) in [5, 5.41) is 11.6. The topological polar surface area (TPSA) is 49.3 Å². The van der Waals surface area contributed by atoms with Crippen molar-refractivity contribution in [1.29, 1.82) is 0 Å². The summed E-state index contributed by atoms with van der Waals surface area (Å²) in [7, 11) is 0. The molecule has 1 rings (SSSR count). The molecule has 0 aromatic heterocycles. The van der Waals surface area contributed by atoms with Gasteiger partial charge in [-0.05, 0) is 43.0 Å². The molecule has 3 nitrogen and oxygen atoms in total. The standard InChI is InChI=1S/C16H21NO2S/c1-13-7-8-15(12-14(13)6-3-4-10-18)16(19)17-9-5-11-20-2/h7-8,12,18H,4-5,9-11H2,1-2H3,(H,17,19). The molecule has 0 aliphatic carbocycles. The highest BCUT2D eigenvalue weighted by atomic mass is 32.2. The highest BCUT2D eigenvalue weighted by molar-refractivity contribution is 7.98. The first-order chi connectivity index (χ1) is 9.69. The van der Waals surface area contributed by atoms with Crippen LogP contribution in [0.5, 0.6) is 0 Å². The lowest BCUT2D eigenvalue weighted by molar-refractivity contribution is 0.0954. The average Bonchev–Trinajstić information content (AvgIpc) is 2.45. The number of rotatable bonds is 6. The monoisotopic (exact) mass is 291 g/mol. The van der Waals surface area contributed by atoms with E-state index in [1.54, 1.807) is 11.8 Å². The SMILES string of the molecule is CSCCCNC(=O)c1ccc(C)c(C#CCCO)c1. The van der Waals surface area contributed by atoms with E-state index < -0.39 is 0 Å². The van der Waals surface area contributed by atoms with Crippen LogP contribution in [0.1, 0.15) is 34.3 Å². The number of thioether (sulfide) groups is 1. The predicted molar refractivity (Wildman–Crippen MR) is 85.1 cm³/mol. The number of aliphatic hydroxyl groups excluding tert-OH is 1. The minimum atomic E-state index is -0.0590. The van der Waals surface area contributed by atoms with Crippen LogP contribution in [0, 0.1) is 18.8 Å². The molecule has 0 aliphatic heterocycles. The number of hydrogen-bond acceptors (Lipinski definition) is 3. The van der Waals surface area contributed by atoms with Crippen LogP contribution in [0.4, 0.5) is 0 Å². The van der Waals surface area contributed by atoms with Crippen molar-refractivity contribution in [3.63, 3.8) is 0 Å². The van der Waals surface area contributed by atoms with Crippen LogP contribution in [0.2, 0.25) is 0 Å². The molecule has 1 amide bonds. The molecule has 108 valence electrons. The van der Waals surface area contributed by atoms with Crippen LogP contribution < -0.4 is 5.32 Å². The molecule has 0 unspecified atom stereocenters. The third-order valence-electron chi connectivity index (χ3n) is 2.77. The van der Waals surface area contributed by atoms with E-state index in [9.17, 15) is 4.79 Å². The highest BCUT2D eigenvalue weighted by Crippen LogP contribution is 2.10. The second-order valence-electron chi connectivity index (χ2n) is 4.41. The number of benzene rings is 1. The van der Waals surface area contributed by atoms with Crippen molar-refractivity contribution < 1.29 is 9.90 Å². The van der Waals surface area contributed by atoms with Gasteiger partial charge in [0.25, 0.3) is 5.91 Å². The van der Waals surface area contributed by atoms with E-state index in [2.05, 4.69) is 23.4 Å². The molecular weight excluding hydrogens is 270 g/mol. The van der Waals surface area contributed by atoms with Gasteiger partial charge in [0.15, 0.2) is 0 Å². The molecule has 1 aromatic carbocycles.